The second kappa shape index (κ2) is 3.77. The minimum Gasteiger partial charge on any atom is -0.399 e. The van der Waals surface area contributed by atoms with Gasteiger partial charge < -0.3 is 10.3 Å². The highest BCUT2D eigenvalue weighted by Gasteiger charge is 2.02. The Balaban J connectivity index is 2.26. The molecule has 0 saturated carbocycles. The molecule has 2 N–H and O–H groups in total. The Bertz CT molecular complexity index is 471. The Labute approximate surface area is 89.6 Å². The largest absolute Gasteiger partial charge is 0.399 e. The Kier molecular flexibility index (Phi) is 2.46. The highest BCUT2D eigenvalue weighted by Crippen LogP contribution is 2.11. The third kappa shape index (κ3) is 2.01. The number of hydrogen-bond donors (Lipinski definition) is 1. The van der Waals surface area contributed by atoms with Crippen LogP contribution >= 0.6 is 0 Å². The standard InChI is InChI=1S/C12H15N3/c1-9-10(2)15(8-14-9)7-11-4-3-5-12(13)6-11/h3-6,8H,7,13H2,1-2H3. The molecule has 3 heteroatoms. The summed E-state index contributed by atoms with van der Waals surface area (Å²) in [6.07, 6.45) is 1.87. The molecule has 0 saturated heterocycles. The molecular formula is C12H15N3. The van der Waals surface area contributed by atoms with Gasteiger partial charge >= 0.3 is 0 Å². The van der Waals surface area contributed by atoms with Gasteiger partial charge in [-0.3, -0.25) is 0 Å². The van der Waals surface area contributed by atoms with Gasteiger partial charge in [-0.15, -0.1) is 0 Å². The topological polar surface area (TPSA) is 43.8 Å². The molecule has 0 unspecified atom stereocenters. The first-order chi connectivity index (χ1) is 7.16. The molecule has 1 aromatic carbocycles. The zero-order valence-corrected chi connectivity index (χ0v) is 9.07. The van der Waals surface area contributed by atoms with Crippen molar-refractivity contribution in [3.05, 3.63) is 47.5 Å². The highest BCUT2D eigenvalue weighted by molar-refractivity contribution is 5.40. The van der Waals surface area contributed by atoms with E-state index in [0.29, 0.717) is 0 Å². The van der Waals surface area contributed by atoms with Crippen molar-refractivity contribution in [3.8, 4) is 0 Å². The molecule has 0 aliphatic heterocycles. The molecule has 2 aromatic rings. The lowest BCUT2D eigenvalue weighted by Crippen LogP contribution is -2.01. The number of anilines is 1. The van der Waals surface area contributed by atoms with Crippen LogP contribution in [0, 0.1) is 13.8 Å². The van der Waals surface area contributed by atoms with E-state index in [2.05, 4.69) is 22.5 Å². The van der Waals surface area contributed by atoms with Crippen molar-refractivity contribution in [1.29, 1.82) is 0 Å². The van der Waals surface area contributed by atoms with E-state index in [1.165, 1.54) is 11.3 Å². The fourth-order valence-corrected chi connectivity index (χ4v) is 1.59. The summed E-state index contributed by atoms with van der Waals surface area (Å²) < 4.78 is 2.13. The van der Waals surface area contributed by atoms with Gasteiger partial charge in [0.25, 0.3) is 0 Å². The van der Waals surface area contributed by atoms with E-state index in [0.717, 1.165) is 17.9 Å². The zero-order chi connectivity index (χ0) is 10.8. The number of aromatic nitrogens is 2. The van der Waals surface area contributed by atoms with Gasteiger partial charge in [-0.25, -0.2) is 4.98 Å². The van der Waals surface area contributed by atoms with Gasteiger partial charge in [-0.05, 0) is 31.5 Å². The normalized spacial score (nSPS) is 10.5. The smallest absolute Gasteiger partial charge is 0.0954 e. The van der Waals surface area contributed by atoms with Crippen molar-refractivity contribution < 1.29 is 0 Å². The van der Waals surface area contributed by atoms with Crippen molar-refractivity contribution in [2.24, 2.45) is 0 Å². The number of aryl methyl sites for hydroxylation is 1. The molecule has 3 nitrogen and oxygen atoms in total. The second-order valence-electron chi connectivity index (χ2n) is 3.79. The van der Waals surface area contributed by atoms with Crippen molar-refractivity contribution in [2.75, 3.05) is 5.73 Å². The van der Waals surface area contributed by atoms with Crippen LogP contribution in [0.2, 0.25) is 0 Å². The maximum atomic E-state index is 5.73. The van der Waals surface area contributed by atoms with Crippen LogP contribution in [-0.4, -0.2) is 9.55 Å². The summed E-state index contributed by atoms with van der Waals surface area (Å²) in [5.74, 6) is 0. The average molecular weight is 201 g/mol. The lowest BCUT2D eigenvalue weighted by atomic mass is 10.2. The third-order valence-corrected chi connectivity index (χ3v) is 2.65. The van der Waals surface area contributed by atoms with Crippen LogP contribution in [0.3, 0.4) is 0 Å². The summed E-state index contributed by atoms with van der Waals surface area (Å²) in [5, 5.41) is 0. The summed E-state index contributed by atoms with van der Waals surface area (Å²) in [6.45, 7) is 4.93. The molecule has 0 atom stereocenters. The number of nitrogens with zero attached hydrogens (tertiary/aromatic N) is 2. The molecule has 1 heterocycles. The van der Waals surface area contributed by atoms with Crippen molar-refractivity contribution in [1.82, 2.24) is 9.55 Å². The van der Waals surface area contributed by atoms with Gasteiger partial charge in [0.2, 0.25) is 0 Å². The molecule has 78 valence electrons. The van der Waals surface area contributed by atoms with Crippen LogP contribution in [0.1, 0.15) is 17.0 Å². The Hall–Kier alpha value is -1.77. The van der Waals surface area contributed by atoms with E-state index >= 15 is 0 Å². The predicted molar refractivity (Wildman–Crippen MR) is 61.7 cm³/mol. The molecule has 0 spiro atoms. The van der Waals surface area contributed by atoms with Crippen LogP contribution < -0.4 is 5.73 Å². The first kappa shape index (κ1) is 9.77. The van der Waals surface area contributed by atoms with E-state index in [-0.39, 0.29) is 0 Å². The van der Waals surface area contributed by atoms with Gasteiger partial charge in [0, 0.05) is 17.9 Å². The molecule has 0 radical (unpaired) electrons. The van der Waals surface area contributed by atoms with E-state index < -0.39 is 0 Å². The summed E-state index contributed by atoms with van der Waals surface area (Å²) >= 11 is 0. The maximum absolute atomic E-state index is 5.73. The lowest BCUT2D eigenvalue weighted by molar-refractivity contribution is 0.769. The molecule has 0 aliphatic rings. The van der Waals surface area contributed by atoms with Crippen molar-refractivity contribution >= 4 is 5.69 Å². The summed E-state index contributed by atoms with van der Waals surface area (Å²) in [5.41, 5.74) is 10.0. The minimum atomic E-state index is 0.807. The van der Waals surface area contributed by atoms with Gasteiger partial charge in [0.1, 0.15) is 0 Å². The number of hydrogen-bond acceptors (Lipinski definition) is 2. The van der Waals surface area contributed by atoms with Crippen LogP contribution in [-0.2, 0) is 6.54 Å². The fraction of sp³-hybridized carbons (Fsp3) is 0.250. The Morgan fingerprint density at radius 2 is 2.13 bits per heavy atom. The summed E-state index contributed by atoms with van der Waals surface area (Å²) in [6, 6.07) is 7.94. The number of imidazole rings is 1. The molecule has 0 fully saturated rings. The number of nitrogen functional groups attached to an aromatic ring is 1. The van der Waals surface area contributed by atoms with E-state index in [1.54, 1.807) is 0 Å². The van der Waals surface area contributed by atoms with E-state index in [1.807, 2.05) is 31.5 Å². The monoisotopic (exact) mass is 201 g/mol. The van der Waals surface area contributed by atoms with Crippen LogP contribution in [0.25, 0.3) is 0 Å². The quantitative estimate of drug-likeness (QED) is 0.756. The average Bonchev–Trinajstić information content (AvgIpc) is 2.50. The molecule has 0 amide bonds. The first-order valence-electron chi connectivity index (χ1n) is 4.99. The van der Waals surface area contributed by atoms with Gasteiger partial charge in [0.15, 0.2) is 0 Å². The molecular weight excluding hydrogens is 186 g/mol. The number of nitrogens with two attached hydrogens (primary N) is 1. The van der Waals surface area contributed by atoms with Crippen LogP contribution in [0.4, 0.5) is 5.69 Å². The number of benzene rings is 1. The lowest BCUT2D eigenvalue weighted by Gasteiger charge is -2.06. The van der Waals surface area contributed by atoms with E-state index in [4.69, 9.17) is 5.73 Å². The van der Waals surface area contributed by atoms with Crippen LogP contribution in [0.15, 0.2) is 30.6 Å². The molecule has 0 aliphatic carbocycles. The fourth-order valence-electron chi connectivity index (χ4n) is 1.59. The molecule has 15 heavy (non-hydrogen) atoms. The number of rotatable bonds is 2. The van der Waals surface area contributed by atoms with Crippen molar-refractivity contribution in [3.63, 3.8) is 0 Å². The zero-order valence-electron chi connectivity index (χ0n) is 9.07. The minimum absolute atomic E-state index is 0.807. The SMILES string of the molecule is Cc1ncn(Cc2cccc(N)c2)c1C. The Morgan fingerprint density at radius 1 is 1.33 bits per heavy atom. The van der Waals surface area contributed by atoms with Gasteiger partial charge in [0.05, 0.1) is 12.0 Å². The molecule has 2 rings (SSSR count). The predicted octanol–water partition coefficient (Wildman–Crippen LogP) is 2.13. The second-order valence-corrected chi connectivity index (χ2v) is 3.79. The van der Waals surface area contributed by atoms with Crippen LogP contribution in [0.5, 0.6) is 0 Å². The highest BCUT2D eigenvalue weighted by atomic mass is 15.0. The third-order valence-electron chi connectivity index (χ3n) is 2.65. The molecule has 1 aromatic heterocycles. The van der Waals surface area contributed by atoms with E-state index in [9.17, 15) is 0 Å². The van der Waals surface area contributed by atoms with Crippen molar-refractivity contribution in [2.45, 2.75) is 20.4 Å². The summed E-state index contributed by atoms with van der Waals surface area (Å²) in [7, 11) is 0. The van der Waals surface area contributed by atoms with Gasteiger partial charge in [-0.1, -0.05) is 12.1 Å². The summed E-state index contributed by atoms with van der Waals surface area (Å²) in [4.78, 5) is 4.27. The molecule has 0 bridgehead atoms. The maximum Gasteiger partial charge on any atom is 0.0954 e. The van der Waals surface area contributed by atoms with Gasteiger partial charge in [-0.2, -0.15) is 0 Å². The first-order valence-corrected chi connectivity index (χ1v) is 4.99. The Morgan fingerprint density at radius 3 is 2.73 bits per heavy atom.